The van der Waals surface area contributed by atoms with Crippen molar-refractivity contribution in [3.05, 3.63) is 41.3 Å². The number of rotatable bonds is 9. The number of ether oxygens (including phenoxy) is 2. The number of amides is 2. The third-order valence-electron chi connectivity index (χ3n) is 8.72. The molecule has 1 aromatic carbocycles. The van der Waals surface area contributed by atoms with Gasteiger partial charge >= 0.3 is 0 Å². The van der Waals surface area contributed by atoms with Crippen molar-refractivity contribution in [2.45, 2.75) is 69.5 Å². The first kappa shape index (κ1) is 27.2. The molecule has 5 rings (SSSR count). The number of hydrogen-bond acceptors (Lipinski definition) is 6. The molecule has 8 heteroatoms. The molecule has 206 valence electrons. The molecule has 3 aliphatic rings. The van der Waals surface area contributed by atoms with Crippen LogP contribution in [0.15, 0.2) is 36.4 Å². The second-order valence-electron chi connectivity index (χ2n) is 11.1. The Balaban J connectivity index is 1.23. The van der Waals surface area contributed by atoms with Crippen LogP contribution in [0.1, 0.15) is 56.2 Å². The van der Waals surface area contributed by atoms with E-state index in [-0.39, 0.29) is 11.8 Å². The maximum absolute atomic E-state index is 13.7. The third-order valence-corrected chi connectivity index (χ3v) is 9.84. The highest BCUT2D eigenvalue weighted by Crippen LogP contribution is 2.37. The number of thiophene rings is 1. The average Bonchev–Trinajstić information content (AvgIpc) is 3.42. The fraction of sp³-hybridized carbons (Fsp3) is 0.600. The first-order valence-corrected chi connectivity index (χ1v) is 14.9. The largest absolute Gasteiger partial charge is 0.497 e. The first-order chi connectivity index (χ1) is 18.5. The molecule has 1 unspecified atom stereocenters. The Morgan fingerprint density at radius 2 is 1.74 bits per heavy atom. The van der Waals surface area contributed by atoms with Gasteiger partial charge in [-0.05, 0) is 67.1 Å². The minimum atomic E-state index is -0.765. The predicted molar refractivity (Wildman–Crippen MR) is 150 cm³/mol. The fourth-order valence-electron chi connectivity index (χ4n) is 6.47. The van der Waals surface area contributed by atoms with Crippen LogP contribution in [0.2, 0.25) is 0 Å². The number of nitrogens with one attached hydrogen (secondary N) is 1. The van der Waals surface area contributed by atoms with Crippen molar-refractivity contribution >= 4 is 23.2 Å². The Bertz CT molecular complexity index is 1090. The summed E-state index contributed by atoms with van der Waals surface area (Å²) in [5.74, 6) is 1.51. The topological polar surface area (TPSA) is 71.1 Å². The summed E-state index contributed by atoms with van der Waals surface area (Å²) in [5, 5.41) is 3.18. The highest BCUT2D eigenvalue weighted by Gasteiger charge is 2.53. The Morgan fingerprint density at radius 1 is 1.00 bits per heavy atom. The summed E-state index contributed by atoms with van der Waals surface area (Å²) in [7, 11) is 3.34. The Hall–Kier alpha value is -2.42. The van der Waals surface area contributed by atoms with E-state index < -0.39 is 11.6 Å². The first-order valence-electron chi connectivity index (χ1n) is 14.1. The van der Waals surface area contributed by atoms with Crippen molar-refractivity contribution in [3.8, 4) is 16.2 Å². The van der Waals surface area contributed by atoms with Crippen LogP contribution in [0.25, 0.3) is 10.4 Å². The lowest BCUT2D eigenvalue weighted by molar-refractivity contribution is -0.162. The number of hydrogen-bond donors (Lipinski definition) is 1. The van der Waals surface area contributed by atoms with Crippen LogP contribution in [0.3, 0.4) is 0 Å². The van der Waals surface area contributed by atoms with Crippen LogP contribution in [0.4, 0.5) is 0 Å². The SMILES string of the molecule is COCCN1C(=O)C(CC2CCCCC2)NC(=O)C12CCN(Cc1ccc(-c3ccc(OC)cc3)s1)CC2. The van der Waals surface area contributed by atoms with Crippen molar-refractivity contribution in [2.75, 3.05) is 40.5 Å². The van der Waals surface area contributed by atoms with Crippen molar-refractivity contribution < 1.29 is 19.1 Å². The number of likely N-dealkylation sites (tertiary alicyclic amines) is 1. The third kappa shape index (κ3) is 5.77. The summed E-state index contributed by atoms with van der Waals surface area (Å²) in [6.07, 6.45) is 8.17. The Morgan fingerprint density at radius 3 is 2.42 bits per heavy atom. The molecule has 2 saturated heterocycles. The fourth-order valence-corrected chi connectivity index (χ4v) is 7.53. The molecule has 2 amide bonds. The molecule has 3 fully saturated rings. The predicted octanol–water partition coefficient (Wildman–Crippen LogP) is 4.70. The summed E-state index contributed by atoms with van der Waals surface area (Å²) in [6, 6.07) is 12.1. The number of carbonyl (C=O) groups excluding carboxylic acids is 2. The molecule has 1 atom stereocenters. The minimum absolute atomic E-state index is 0.0339. The molecular formula is C30H41N3O4S. The highest BCUT2D eigenvalue weighted by molar-refractivity contribution is 7.15. The van der Waals surface area contributed by atoms with Crippen LogP contribution in [-0.2, 0) is 20.9 Å². The van der Waals surface area contributed by atoms with Gasteiger partial charge in [0.25, 0.3) is 0 Å². The van der Waals surface area contributed by atoms with Crippen LogP contribution >= 0.6 is 11.3 Å². The van der Waals surface area contributed by atoms with E-state index in [9.17, 15) is 9.59 Å². The summed E-state index contributed by atoms with van der Waals surface area (Å²) in [5.41, 5.74) is 0.424. The van der Waals surface area contributed by atoms with Gasteiger partial charge in [0.15, 0.2) is 0 Å². The molecule has 3 heterocycles. The summed E-state index contributed by atoms with van der Waals surface area (Å²) < 4.78 is 10.6. The standard InChI is InChI=1S/C30H41N3O4S/c1-36-19-18-33-28(34)26(20-22-6-4-3-5-7-22)31-29(35)30(33)14-16-32(17-15-30)21-25-12-13-27(38-25)23-8-10-24(37-2)11-9-23/h8-13,22,26H,3-7,14-21H2,1-2H3,(H,31,35). The zero-order valence-electron chi connectivity index (χ0n) is 22.7. The van der Waals surface area contributed by atoms with Gasteiger partial charge in [0.2, 0.25) is 11.8 Å². The molecule has 1 aliphatic carbocycles. The molecule has 1 spiro atoms. The molecule has 1 N–H and O–H groups in total. The molecule has 38 heavy (non-hydrogen) atoms. The van der Waals surface area contributed by atoms with E-state index in [0.717, 1.165) is 31.8 Å². The molecule has 0 radical (unpaired) electrons. The lowest BCUT2D eigenvalue weighted by Crippen LogP contribution is -2.73. The lowest BCUT2D eigenvalue weighted by Gasteiger charge is -2.52. The van der Waals surface area contributed by atoms with Crippen molar-refractivity contribution in [1.82, 2.24) is 15.1 Å². The number of piperidine rings is 1. The Kier molecular flexibility index (Phi) is 8.71. The lowest BCUT2D eigenvalue weighted by atomic mass is 9.79. The number of nitrogens with zero attached hydrogens (tertiary/aromatic N) is 2. The maximum Gasteiger partial charge on any atom is 0.246 e. The number of piperazine rings is 1. The van der Waals surface area contributed by atoms with Gasteiger partial charge in [-0.3, -0.25) is 14.5 Å². The zero-order valence-corrected chi connectivity index (χ0v) is 23.6. The van der Waals surface area contributed by atoms with E-state index in [2.05, 4.69) is 34.5 Å². The van der Waals surface area contributed by atoms with Gasteiger partial charge < -0.3 is 19.7 Å². The smallest absolute Gasteiger partial charge is 0.246 e. The van der Waals surface area contributed by atoms with Crippen LogP contribution in [-0.4, -0.2) is 73.7 Å². The van der Waals surface area contributed by atoms with Crippen LogP contribution < -0.4 is 10.1 Å². The zero-order chi connectivity index (χ0) is 26.5. The maximum atomic E-state index is 13.7. The van der Waals surface area contributed by atoms with Gasteiger partial charge in [-0.25, -0.2) is 0 Å². The molecule has 1 saturated carbocycles. The molecule has 2 aliphatic heterocycles. The summed E-state index contributed by atoms with van der Waals surface area (Å²) in [6.45, 7) is 3.35. The molecule has 7 nitrogen and oxygen atoms in total. The van der Waals surface area contributed by atoms with Gasteiger partial charge in [0, 0.05) is 43.0 Å². The number of benzene rings is 1. The van der Waals surface area contributed by atoms with E-state index in [1.807, 2.05) is 17.0 Å². The second kappa shape index (κ2) is 12.2. The van der Waals surface area contributed by atoms with E-state index >= 15 is 0 Å². The van der Waals surface area contributed by atoms with E-state index in [1.165, 1.54) is 47.4 Å². The quantitative estimate of drug-likeness (QED) is 0.500. The number of carbonyl (C=O) groups is 2. The van der Waals surface area contributed by atoms with Gasteiger partial charge in [-0.1, -0.05) is 32.1 Å². The minimum Gasteiger partial charge on any atom is -0.497 e. The highest BCUT2D eigenvalue weighted by atomic mass is 32.1. The van der Waals surface area contributed by atoms with Gasteiger partial charge in [-0.15, -0.1) is 11.3 Å². The van der Waals surface area contributed by atoms with E-state index in [1.54, 1.807) is 25.6 Å². The Labute approximate surface area is 230 Å². The van der Waals surface area contributed by atoms with E-state index in [0.29, 0.717) is 31.9 Å². The van der Waals surface area contributed by atoms with E-state index in [4.69, 9.17) is 9.47 Å². The molecule has 2 aromatic rings. The van der Waals surface area contributed by atoms with Gasteiger partial charge in [-0.2, -0.15) is 0 Å². The van der Waals surface area contributed by atoms with Gasteiger partial charge in [0.05, 0.1) is 13.7 Å². The summed E-state index contributed by atoms with van der Waals surface area (Å²) in [4.78, 5) is 34.2. The van der Waals surface area contributed by atoms with Crippen molar-refractivity contribution in [3.63, 3.8) is 0 Å². The summed E-state index contributed by atoms with van der Waals surface area (Å²) >= 11 is 1.81. The molecular weight excluding hydrogens is 498 g/mol. The van der Waals surface area contributed by atoms with Crippen molar-refractivity contribution in [1.29, 1.82) is 0 Å². The normalized spacial score (nSPS) is 22.6. The van der Waals surface area contributed by atoms with Crippen molar-refractivity contribution in [2.24, 2.45) is 5.92 Å². The second-order valence-corrected chi connectivity index (χ2v) is 12.2. The molecule has 1 aromatic heterocycles. The monoisotopic (exact) mass is 539 g/mol. The van der Waals surface area contributed by atoms with Crippen LogP contribution in [0, 0.1) is 5.92 Å². The molecule has 0 bridgehead atoms. The number of methoxy groups -OCH3 is 2. The van der Waals surface area contributed by atoms with Crippen LogP contribution in [0.5, 0.6) is 5.75 Å². The van der Waals surface area contributed by atoms with Gasteiger partial charge in [0.1, 0.15) is 17.3 Å². The average molecular weight is 540 g/mol.